The van der Waals surface area contributed by atoms with Crippen molar-refractivity contribution >= 4 is 27.5 Å². The van der Waals surface area contributed by atoms with E-state index in [-0.39, 0.29) is 24.9 Å². The van der Waals surface area contributed by atoms with Gasteiger partial charge in [0, 0.05) is 13.1 Å². The SMILES string of the molecule is CC[C@@H](C(=O)NCC(C)C)N(Cc1ccccc1C)C(=O)CN(c1cc(C)ccc1C)S(C)(=O)=O. The van der Waals surface area contributed by atoms with E-state index in [0.717, 1.165) is 32.8 Å². The molecule has 0 unspecified atom stereocenters. The van der Waals surface area contributed by atoms with E-state index in [4.69, 9.17) is 0 Å². The van der Waals surface area contributed by atoms with Crippen LogP contribution in [-0.2, 0) is 26.2 Å². The second-order valence-electron chi connectivity index (χ2n) is 9.57. The molecule has 192 valence electrons. The highest BCUT2D eigenvalue weighted by molar-refractivity contribution is 7.92. The molecular formula is C27H39N3O4S. The summed E-state index contributed by atoms with van der Waals surface area (Å²) >= 11 is 0. The fourth-order valence-electron chi connectivity index (χ4n) is 3.90. The molecule has 8 heteroatoms. The molecule has 2 rings (SSSR count). The molecule has 1 N–H and O–H groups in total. The third-order valence-electron chi connectivity index (χ3n) is 5.98. The number of hydrogen-bond donors (Lipinski definition) is 1. The van der Waals surface area contributed by atoms with Crippen LogP contribution >= 0.6 is 0 Å². The number of nitrogens with zero attached hydrogens (tertiary/aromatic N) is 2. The van der Waals surface area contributed by atoms with E-state index in [1.807, 2.05) is 77.9 Å². The highest BCUT2D eigenvalue weighted by Crippen LogP contribution is 2.25. The zero-order valence-electron chi connectivity index (χ0n) is 22.0. The number of benzene rings is 2. The summed E-state index contributed by atoms with van der Waals surface area (Å²) in [7, 11) is -3.76. The average Bonchev–Trinajstić information content (AvgIpc) is 2.78. The zero-order valence-corrected chi connectivity index (χ0v) is 22.8. The maximum Gasteiger partial charge on any atom is 0.244 e. The Morgan fingerprint density at radius 2 is 1.66 bits per heavy atom. The molecule has 2 aromatic carbocycles. The van der Waals surface area contributed by atoms with Crippen LogP contribution in [0.25, 0.3) is 0 Å². The Balaban J connectivity index is 2.48. The third kappa shape index (κ3) is 7.82. The first kappa shape index (κ1) is 28.4. The van der Waals surface area contributed by atoms with Crippen LogP contribution in [0, 0.1) is 26.7 Å². The van der Waals surface area contributed by atoms with Gasteiger partial charge in [0.15, 0.2) is 0 Å². The van der Waals surface area contributed by atoms with Crippen molar-refractivity contribution < 1.29 is 18.0 Å². The van der Waals surface area contributed by atoms with Crippen molar-refractivity contribution in [2.45, 2.75) is 60.5 Å². The monoisotopic (exact) mass is 501 g/mol. The summed E-state index contributed by atoms with van der Waals surface area (Å²) in [4.78, 5) is 28.4. The first-order chi connectivity index (χ1) is 16.3. The number of anilines is 1. The van der Waals surface area contributed by atoms with Gasteiger partial charge in [-0.1, -0.05) is 57.2 Å². The van der Waals surface area contributed by atoms with Crippen molar-refractivity contribution in [2.24, 2.45) is 5.92 Å². The molecule has 0 aliphatic rings. The maximum atomic E-state index is 13.8. The maximum absolute atomic E-state index is 13.8. The van der Waals surface area contributed by atoms with E-state index in [9.17, 15) is 18.0 Å². The van der Waals surface area contributed by atoms with Gasteiger partial charge in [0.1, 0.15) is 12.6 Å². The van der Waals surface area contributed by atoms with E-state index in [1.165, 1.54) is 4.90 Å². The van der Waals surface area contributed by atoms with Crippen molar-refractivity contribution in [3.05, 3.63) is 64.7 Å². The summed E-state index contributed by atoms with van der Waals surface area (Å²) < 4.78 is 26.7. The number of hydrogen-bond acceptors (Lipinski definition) is 4. The number of carbonyl (C=O) groups excluding carboxylic acids is 2. The van der Waals surface area contributed by atoms with Crippen LogP contribution in [0.1, 0.15) is 49.4 Å². The molecule has 0 fully saturated rings. The summed E-state index contributed by atoms with van der Waals surface area (Å²) in [5.41, 5.74) is 4.02. The summed E-state index contributed by atoms with van der Waals surface area (Å²) in [6.45, 7) is 11.8. The Morgan fingerprint density at radius 3 is 2.23 bits per heavy atom. The number of carbonyl (C=O) groups is 2. The van der Waals surface area contributed by atoms with Gasteiger partial charge in [-0.2, -0.15) is 0 Å². The fourth-order valence-corrected chi connectivity index (χ4v) is 4.79. The lowest BCUT2D eigenvalue weighted by atomic mass is 10.1. The van der Waals surface area contributed by atoms with Gasteiger partial charge in [0.05, 0.1) is 11.9 Å². The molecule has 2 amide bonds. The second-order valence-corrected chi connectivity index (χ2v) is 11.5. The number of rotatable bonds is 11. The van der Waals surface area contributed by atoms with E-state index in [1.54, 1.807) is 6.07 Å². The predicted octanol–water partition coefficient (Wildman–Crippen LogP) is 3.96. The van der Waals surface area contributed by atoms with Gasteiger partial charge in [0.2, 0.25) is 21.8 Å². The highest BCUT2D eigenvalue weighted by atomic mass is 32.2. The topological polar surface area (TPSA) is 86.8 Å². The molecule has 0 saturated heterocycles. The Hall–Kier alpha value is -2.87. The van der Waals surface area contributed by atoms with Crippen LogP contribution in [0.2, 0.25) is 0 Å². The van der Waals surface area contributed by atoms with Crippen molar-refractivity contribution in [2.75, 3.05) is 23.7 Å². The fraction of sp³-hybridized carbons (Fsp3) is 0.481. The van der Waals surface area contributed by atoms with E-state index in [0.29, 0.717) is 18.7 Å². The minimum Gasteiger partial charge on any atom is -0.354 e. The Bertz CT molecular complexity index is 1140. The standard InChI is InChI=1S/C27H39N3O4S/c1-8-24(27(32)28-16-19(2)3)29(17-23-12-10-9-11-21(23)5)26(31)18-30(35(7,33)34)25-15-20(4)13-14-22(25)6/h9-15,19,24H,8,16-18H2,1-7H3,(H,28,32)/t24-/m0/s1. The van der Waals surface area contributed by atoms with Gasteiger partial charge >= 0.3 is 0 Å². The summed E-state index contributed by atoms with van der Waals surface area (Å²) in [5.74, 6) is -0.395. The smallest absolute Gasteiger partial charge is 0.244 e. The number of aryl methyl sites for hydroxylation is 3. The van der Waals surface area contributed by atoms with Crippen LogP contribution in [0.5, 0.6) is 0 Å². The first-order valence-corrected chi connectivity index (χ1v) is 13.9. The normalized spacial score (nSPS) is 12.3. The van der Waals surface area contributed by atoms with E-state index in [2.05, 4.69) is 5.32 Å². The quantitative estimate of drug-likeness (QED) is 0.505. The Morgan fingerprint density at radius 1 is 1.00 bits per heavy atom. The van der Waals surface area contributed by atoms with Gasteiger partial charge in [0.25, 0.3) is 0 Å². The number of nitrogens with one attached hydrogen (secondary N) is 1. The summed E-state index contributed by atoms with van der Waals surface area (Å²) in [5, 5.41) is 2.94. The average molecular weight is 502 g/mol. The van der Waals surface area contributed by atoms with Gasteiger partial charge in [-0.05, 0) is 61.4 Å². The van der Waals surface area contributed by atoms with Crippen molar-refractivity contribution in [1.29, 1.82) is 0 Å². The van der Waals surface area contributed by atoms with Crippen LogP contribution in [0.15, 0.2) is 42.5 Å². The Kier molecular flexibility index (Phi) is 9.89. The largest absolute Gasteiger partial charge is 0.354 e. The van der Waals surface area contributed by atoms with Crippen molar-refractivity contribution in [1.82, 2.24) is 10.2 Å². The molecule has 0 aliphatic carbocycles. The molecule has 35 heavy (non-hydrogen) atoms. The number of amides is 2. The molecule has 0 heterocycles. The van der Waals surface area contributed by atoms with Gasteiger partial charge in [-0.25, -0.2) is 8.42 Å². The van der Waals surface area contributed by atoms with Gasteiger partial charge < -0.3 is 10.2 Å². The van der Waals surface area contributed by atoms with E-state index >= 15 is 0 Å². The van der Waals surface area contributed by atoms with Gasteiger partial charge in [-0.3, -0.25) is 13.9 Å². The van der Waals surface area contributed by atoms with E-state index < -0.39 is 22.0 Å². The molecule has 0 spiro atoms. The summed E-state index contributed by atoms with van der Waals surface area (Å²) in [6, 6.07) is 12.5. The molecule has 1 atom stereocenters. The van der Waals surface area contributed by atoms with Crippen molar-refractivity contribution in [3.8, 4) is 0 Å². The minimum atomic E-state index is -3.76. The van der Waals surface area contributed by atoms with Crippen LogP contribution < -0.4 is 9.62 Å². The summed E-state index contributed by atoms with van der Waals surface area (Å²) in [6.07, 6.45) is 1.50. The molecule has 0 aromatic heterocycles. The minimum absolute atomic E-state index is 0.212. The molecule has 0 radical (unpaired) electrons. The van der Waals surface area contributed by atoms with Crippen LogP contribution in [0.3, 0.4) is 0 Å². The van der Waals surface area contributed by atoms with Crippen LogP contribution in [0.4, 0.5) is 5.69 Å². The predicted molar refractivity (Wildman–Crippen MR) is 142 cm³/mol. The molecule has 0 bridgehead atoms. The number of sulfonamides is 1. The van der Waals surface area contributed by atoms with Gasteiger partial charge in [-0.15, -0.1) is 0 Å². The Labute approximate surface area is 210 Å². The molecule has 2 aromatic rings. The lowest BCUT2D eigenvalue weighted by molar-refractivity contribution is -0.140. The lowest BCUT2D eigenvalue weighted by Crippen LogP contribution is -2.52. The third-order valence-corrected chi connectivity index (χ3v) is 7.11. The van der Waals surface area contributed by atoms with Crippen LogP contribution in [-0.4, -0.2) is 50.5 Å². The molecule has 7 nitrogen and oxygen atoms in total. The zero-order chi connectivity index (χ0) is 26.3. The molecule has 0 aliphatic heterocycles. The van der Waals surface area contributed by atoms with Crippen molar-refractivity contribution in [3.63, 3.8) is 0 Å². The lowest BCUT2D eigenvalue weighted by Gasteiger charge is -2.33. The second kappa shape index (κ2) is 12.2. The molecular weight excluding hydrogens is 462 g/mol. The first-order valence-electron chi connectivity index (χ1n) is 12.0. The highest BCUT2D eigenvalue weighted by Gasteiger charge is 2.32. The molecule has 0 saturated carbocycles.